The summed E-state index contributed by atoms with van der Waals surface area (Å²) >= 11 is 0. The molecule has 2 fully saturated rings. The second-order valence-electron chi connectivity index (χ2n) is 7.58. The Balaban J connectivity index is 1.48. The SMILES string of the molecule is Cc1cc2ccnc(NC3CCNCC3OCC3CCOCC3)c2[nH]c1=O. The first-order valence-corrected chi connectivity index (χ1v) is 9.86. The topological polar surface area (TPSA) is 88.3 Å². The highest BCUT2D eigenvalue weighted by atomic mass is 16.5. The van der Waals surface area contributed by atoms with Gasteiger partial charge in [0, 0.05) is 36.9 Å². The molecular formula is C20H28N4O3. The van der Waals surface area contributed by atoms with E-state index in [1.807, 2.05) is 19.1 Å². The molecule has 2 unspecified atom stereocenters. The van der Waals surface area contributed by atoms with E-state index in [2.05, 4.69) is 20.6 Å². The minimum atomic E-state index is -0.0730. The molecule has 3 N–H and O–H groups in total. The lowest BCUT2D eigenvalue weighted by atomic mass is 10.00. The van der Waals surface area contributed by atoms with Gasteiger partial charge in [-0.1, -0.05) is 0 Å². The predicted octanol–water partition coefficient (Wildman–Crippen LogP) is 1.82. The summed E-state index contributed by atoms with van der Waals surface area (Å²) < 4.78 is 11.7. The highest BCUT2D eigenvalue weighted by Gasteiger charge is 2.28. The third-order valence-corrected chi connectivity index (χ3v) is 5.59. The third kappa shape index (κ3) is 4.31. The van der Waals surface area contributed by atoms with Gasteiger partial charge in [0.05, 0.1) is 24.3 Å². The number of anilines is 1. The van der Waals surface area contributed by atoms with Crippen molar-refractivity contribution in [3.63, 3.8) is 0 Å². The maximum atomic E-state index is 12.1. The first-order valence-electron chi connectivity index (χ1n) is 9.86. The van der Waals surface area contributed by atoms with E-state index in [1.54, 1.807) is 6.20 Å². The van der Waals surface area contributed by atoms with Crippen LogP contribution in [-0.4, -0.2) is 55.0 Å². The Morgan fingerprint density at radius 1 is 1.33 bits per heavy atom. The quantitative estimate of drug-likeness (QED) is 0.742. The molecule has 4 rings (SSSR count). The summed E-state index contributed by atoms with van der Waals surface area (Å²) in [6.07, 6.45) is 4.96. The fourth-order valence-electron chi connectivity index (χ4n) is 3.87. The van der Waals surface area contributed by atoms with E-state index in [4.69, 9.17) is 9.47 Å². The summed E-state index contributed by atoms with van der Waals surface area (Å²) in [5, 5.41) is 7.95. The van der Waals surface area contributed by atoms with Crippen LogP contribution in [0.5, 0.6) is 0 Å². The van der Waals surface area contributed by atoms with Crippen molar-refractivity contribution in [1.29, 1.82) is 0 Å². The molecule has 2 atom stereocenters. The van der Waals surface area contributed by atoms with Crippen LogP contribution in [0.4, 0.5) is 5.82 Å². The van der Waals surface area contributed by atoms with Gasteiger partial charge in [0.1, 0.15) is 0 Å². The molecule has 2 aliphatic heterocycles. The van der Waals surface area contributed by atoms with Crippen LogP contribution in [0.15, 0.2) is 23.1 Å². The van der Waals surface area contributed by atoms with E-state index in [1.165, 1.54) is 0 Å². The first kappa shape index (κ1) is 18.4. The Hall–Kier alpha value is -1.96. The summed E-state index contributed by atoms with van der Waals surface area (Å²) in [7, 11) is 0. The predicted molar refractivity (Wildman–Crippen MR) is 105 cm³/mol. The second-order valence-corrected chi connectivity index (χ2v) is 7.58. The zero-order chi connectivity index (χ0) is 18.6. The highest BCUT2D eigenvalue weighted by Crippen LogP contribution is 2.22. The fourth-order valence-corrected chi connectivity index (χ4v) is 3.87. The minimum Gasteiger partial charge on any atom is -0.381 e. The minimum absolute atomic E-state index is 0.0730. The van der Waals surface area contributed by atoms with E-state index in [-0.39, 0.29) is 17.7 Å². The Kier molecular flexibility index (Phi) is 5.71. The van der Waals surface area contributed by atoms with Crippen LogP contribution in [0, 0.1) is 12.8 Å². The molecule has 2 aliphatic rings. The van der Waals surface area contributed by atoms with E-state index in [0.29, 0.717) is 11.5 Å². The van der Waals surface area contributed by atoms with Crippen LogP contribution in [0.25, 0.3) is 10.9 Å². The number of nitrogens with one attached hydrogen (secondary N) is 3. The molecule has 2 saturated heterocycles. The maximum absolute atomic E-state index is 12.1. The van der Waals surface area contributed by atoms with Gasteiger partial charge in [-0.25, -0.2) is 4.98 Å². The monoisotopic (exact) mass is 372 g/mol. The third-order valence-electron chi connectivity index (χ3n) is 5.59. The van der Waals surface area contributed by atoms with Gasteiger partial charge >= 0.3 is 0 Å². The van der Waals surface area contributed by atoms with Crippen molar-refractivity contribution < 1.29 is 9.47 Å². The van der Waals surface area contributed by atoms with Gasteiger partial charge in [-0.2, -0.15) is 0 Å². The smallest absolute Gasteiger partial charge is 0.251 e. The van der Waals surface area contributed by atoms with Gasteiger partial charge in [-0.15, -0.1) is 0 Å². The van der Waals surface area contributed by atoms with Crippen molar-refractivity contribution in [1.82, 2.24) is 15.3 Å². The molecule has 146 valence electrons. The van der Waals surface area contributed by atoms with Crippen LogP contribution in [0.2, 0.25) is 0 Å². The van der Waals surface area contributed by atoms with Crippen LogP contribution in [0.3, 0.4) is 0 Å². The zero-order valence-corrected chi connectivity index (χ0v) is 15.8. The van der Waals surface area contributed by atoms with Crippen molar-refractivity contribution in [3.8, 4) is 0 Å². The number of pyridine rings is 2. The summed E-state index contributed by atoms with van der Waals surface area (Å²) in [6, 6.07) is 3.99. The van der Waals surface area contributed by atoms with Crippen LogP contribution >= 0.6 is 0 Å². The summed E-state index contributed by atoms with van der Waals surface area (Å²) in [6.45, 7) is 6.03. The van der Waals surface area contributed by atoms with Gasteiger partial charge in [0.25, 0.3) is 5.56 Å². The van der Waals surface area contributed by atoms with E-state index in [9.17, 15) is 4.79 Å². The molecule has 2 aromatic heterocycles. The number of fused-ring (bicyclic) bond motifs is 1. The lowest BCUT2D eigenvalue weighted by Crippen LogP contribution is -2.49. The van der Waals surface area contributed by atoms with Gasteiger partial charge in [0.15, 0.2) is 5.82 Å². The molecule has 0 spiro atoms. The van der Waals surface area contributed by atoms with Gasteiger partial charge < -0.3 is 25.1 Å². The van der Waals surface area contributed by atoms with Crippen molar-refractivity contribution in [2.45, 2.75) is 38.3 Å². The Morgan fingerprint density at radius 3 is 3.04 bits per heavy atom. The molecule has 2 aromatic rings. The molecule has 0 bridgehead atoms. The Morgan fingerprint density at radius 2 is 2.19 bits per heavy atom. The van der Waals surface area contributed by atoms with Crippen LogP contribution in [0.1, 0.15) is 24.8 Å². The van der Waals surface area contributed by atoms with Crippen molar-refractivity contribution in [3.05, 3.63) is 34.2 Å². The standard InChI is InChI=1S/C20H28N4O3/c1-13-10-15-2-7-22-19(18(15)24-20(13)25)23-16-3-6-21-11-17(16)27-12-14-4-8-26-9-5-14/h2,7,10,14,16-17,21H,3-6,8-9,11-12H2,1H3,(H,22,23)(H,24,25). The molecular weight excluding hydrogens is 344 g/mol. The van der Waals surface area contributed by atoms with Crippen LogP contribution < -0.4 is 16.2 Å². The summed E-state index contributed by atoms with van der Waals surface area (Å²) in [4.78, 5) is 19.5. The number of hydrogen-bond acceptors (Lipinski definition) is 6. The Labute approximate surface area is 158 Å². The Bertz CT molecular complexity index is 832. The zero-order valence-electron chi connectivity index (χ0n) is 15.8. The average molecular weight is 372 g/mol. The van der Waals surface area contributed by atoms with Crippen molar-refractivity contribution >= 4 is 16.7 Å². The number of nitrogens with zero attached hydrogens (tertiary/aromatic N) is 1. The van der Waals surface area contributed by atoms with E-state index in [0.717, 1.165) is 68.9 Å². The molecule has 0 radical (unpaired) electrons. The number of aromatic nitrogens is 2. The van der Waals surface area contributed by atoms with Gasteiger partial charge in [0.2, 0.25) is 0 Å². The lowest BCUT2D eigenvalue weighted by Gasteiger charge is -2.34. The number of ether oxygens (including phenoxy) is 2. The van der Waals surface area contributed by atoms with Crippen LogP contribution in [-0.2, 0) is 9.47 Å². The van der Waals surface area contributed by atoms with Gasteiger partial charge in [-0.3, -0.25) is 4.79 Å². The first-order chi connectivity index (χ1) is 13.2. The number of piperidine rings is 1. The van der Waals surface area contributed by atoms with Gasteiger partial charge in [-0.05, 0) is 50.8 Å². The summed E-state index contributed by atoms with van der Waals surface area (Å²) in [5.74, 6) is 1.30. The largest absolute Gasteiger partial charge is 0.381 e. The number of H-pyrrole nitrogens is 1. The number of rotatable bonds is 5. The van der Waals surface area contributed by atoms with E-state index < -0.39 is 0 Å². The molecule has 0 aliphatic carbocycles. The summed E-state index contributed by atoms with van der Waals surface area (Å²) in [5.41, 5.74) is 1.39. The highest BCUT2D eigenvalue weighted by molar-refractivity contribution is 5.88. The fraction of sp³-hybridized carbons (Fsp3) is 0.600. The molecule has 27 heavy (non-hydrogen) atoms. The normalized spacial score (nSPS) is 24.2. The molecule has 7 heteroatoms. The maximum Gasteiger partial charge on any atom is 0.251 e. The van der Waals surface area contributed by atoms with Crippen molar-refractivity contribution in [2.75, 3.05) is 38.2 Å². The second kappa shape index (κ2) is 8.37. The molecule has 7 nitrogen and oxygen atoms in total. The molecule has 4 heterocycles. The number of aryl methyl sites for hydroxylation is 1. The van der Waals surface area contributed by atoms with E-state index >= 15 is 0 Å². The number of hydrogen-bond donors (Lipinski definition) is 3. The average Bonchev–Trinajstić information content (AvgIpc) is 2.69. The number of aromatic amines is 1. The molecule has 0 amide bonds. The lowest BCUT2D eigenvalue weighted by molar-refractivity contribution is -0.0222. The van der Waals surface area contributed by atoms with Crippen molar-refractivity contribution in [2.24, 2.45) is 5.92 Å². The molecule has 0 saturated carbocycles. The molecule has 0 aromatic carbocycles.